The average Bonchev–Trinajstić information content (AvgIpc) is 3.27. The molecule has 2 nitrogen and oxygen atoms in total. The second kappa shape index (κ2) is 6.81. The molecule has 4 fully saturated rings. The van der Waals surface area contributed by atoms with E-state index in [2.05, 4.69) is 23.1 Å². The van der Waals surface area contributed by atoms with Crippen molar-refractivity contribution >= 4 is 0 Å². The van der Waals surface area contributed by atoms with E-state index >= 15 is 0 Å². The van der Waals surface area contributed by atoms with Crippen LogP contribution in [0.1, 0.15) is 71.1 Å². The fourth-order valence-electron chi connectivity index (χ4n) is 5.92. The van der Waals surface area contributed by atoms with Crippen molar-refractivity contribution < 1.29 is 0 Å². The molecule has 2 heteroatoms. The van der Waals surface area contributed by atoms with Gasteiger partial charge in [0.05, 0.1) is 0 Å². The third kappa shape index (κ3) is 3.11. The molecule has 125 valence electrons. The highest BCUT2D eigenvalue weighted by Crippen LogP contribution is 2.38. The molecule has 0 aromatic heterocycles. The van der Waals surface area contributed by atoms with Crippen molar-refractivity contribution in [3.8, 4) is 0 Å². The maximum Gasteiger partial charge on any atom is 0.0171 e. The zero-order chi connectivity index (χ0) is 14.9. The fraction of sp³-hybridized carbons (Fsp3) is 0.950. The molecule has 4 aliphatic rings. The zero-order valence-electron chi connectivity index (χ0n) is 14.6. The normalized spacial score (nSPS) is 42.4. The van der Waals surface area contributed by atoms with Crippen molar-refractivity contribution in [2.45, 2.75) is 89.3 Å². The maximum atomic E-state index is 2.92. The monoisotopic (exact) mass is 303 g/mol. The molecule has 0 spiro atoms. The summed E-state index contributed by atoms with van der Waals surface area (Å²) in [6, 6.07) is 2.65. The van der Waals surface area contributed by atoms with Crippen molar-refractivity contribution in [2.24, 2.45) is 11.8 Å². The first-order valence-corrected chi connectivity index (χ1v) is 10.1. The van der Waals surface area contributed by atoms with Crippen molar-refractivity contribution in [1.29, 1.82) is 0 Å². The van der Waals surface area contributed by atoms with Crippen LogP contribution in [0, 0.1) is 18.3 Å². The van der Waals surface area contributed by atoms with Gasteiger partial charge in [-0.3, -0.25) is 4.90 Å². The summed E-state index contributed by atoms with van der Waals surface area (Å²) in [6.45, 7) is 6.57. The van der Waals surface area contributed by atoms with Crippen LogP contribution < -0.4 is 0 Å². The Morgan fingerprint density at radius 2 is 1.73 bits per heavy atom. The van der Waals surface area contributed by atoms with Gasteiger partial charge >= 0.3 is 0 Å². The lowest BCUT2D eigenvalue weighted by atomic mass is 9.90. The van der Waals surface area contributed by atoms with Crippen molar-refractivity contribution in [2.75, 3.05) is 19.6 Å². The van der Waals surface area contributed by atoms with Gasteiger partial charge in [-0.25, -0.2) is 0 Å². The Morgan fingerprint density at radius 1 is 0.864 bits per heavy atom. The molecule has 1 radical (unpaired) electrons. The van der Waals surface area contributed by atoms with E-state index in [9.17, 15) is 0 Å². The third-order valence-corrected chi connectivity index (χ3v) is 7.14. The molecule has 2 aliphatic carbocycles. The Labute approximate surface area is 137 Å². The van der Waals surface area contributed by atoms with Crippen LogP contribution in [0.2, 0.25) is 0 Å². The highest BCUT2D eigenvalue weighted by Gasteiger charge is 2.41. The minimum Gasteiger partial charge on any atom is -0.300 e. The molecule has 0 bridgehead atoms. The summed E-state index contributed by atoms with van der Waals surface area (Å²) in [4.78, 5) is 5.78. The quantitative estimate of drug-likeness (QED) is 0.774. The van der Waals surface area contributed by atoms with Crippen molar-refractivity contribution in [3.05, 3.63) is 6.42 Å². The van der Waals surface area contributed by atoms with Gasteiger partial charge in [0.25, 0.3) is 0 Å². The van der Waals surface area contributed by atoms with E-state index in [1.807, 2.05) is 0 Å². The third-order valence-electron chi connectivity index (χ3n) is 7.14. The molecule has 2 saturated heterocycles. The predicted molar refractivity (Wildman–Crippen MR) is 92.8 cm³/mol. The number of hydrogen-bond donors (Lipinski definition) is 0. The second-order valence-electron chi connectivity index (χ2n) is 8.66. The average molecular weight is 304 g/mol. The van der Waals surface area contributed by atoms with Crippen molar-refractivity contribution in [3.63, 3.8) is 0 Å². The van der Waals surface area contributed by atoms with Crippen LogP contribution in [0.5, 0.6) is 0 Å². The number of hydrogen-bond acceptors (Lipinski definition) is 2. The van der Waals surface area contributed by atoms with Gasteiger partial charge in [-0.05, 0) is 76.3 Å². The van der Waals surface area contributed by atoms with E-state index in [1.165, 1.54) is 83.8 Å². The SMILES string of the molecule is CC1CCC(N2CCC(C3[CH]CCN3C3CCCCC3)C2)C1. The van der Waals surface area contributed by atoms with Crippen LogP contribution >= 0.6 is 0 Å². The highest BCUT2D eigenvalue weighted by molar-refractivity contribution is 5.03. The molecule has 0 N–H and O–H groups in total. The first kappa shape index (κ1) is 15.4. The Hall–Kier alpha value is -0.0800. The van der Waals surface area contributed by atoms with Gasteiger partial charge < -0.3 is 4.90 Å². The van der Waals surface area contributed by atoms with Crippen LogP contribution in [0.4, 0.5) is 0 Å². The van der Waals surface area contributed by atoms with Gasteiger partial charge in [0.15, 0.2) is 0 Å². The predicted octanol–water partition coefficient (Wildman–Crippen LogP) is 4.11. The lowest BCUT2D eigenvalue weighted by Crippen LogP contribution is -2.45. The highest BCUT2D eigenvalue weighted by atomic mass is 15.2. The number of likely N-dealkylation sites (tertiary alicyclic amines) is 2. The molecule has 0 aromatic carbocycles. The largest absolute Gasteiger partial charge is 0.300 e. The minimum absolute atomic E-state index is 0.812. The van der Waals surface area contributed by atoms with E-state index in [0.29, 0.717) is 0 Å². The van der Waals surface area contributed by atoms with Gasteiger partial charge in [-0.15, -0.1) is 0 Å². The Balaban J connectivity index is 1.35. The summed E-state index contributed by atoms with van der Waals surface area (Å²) in [5.74, 6) is 1.90. The second-order valence-corrected chi connectivity index (χ2v) is 8.66. The fourth-order valence-corrected chi connectivity index (χ4v) is 5.92. The summed E-state index contributed by atoms with van der Waals surface area (Å²) in [7, 11) is 0. The van der Waals surface area contributed by atoms with E-state index in [4.69, 9.17) is 0 Å². The topological polar surface area (TPSA) is 6.48 Å². The smallest absolute Gasteiger partial charge is 0.0171 e. The van der Waals surface area contributed by atoms with Gasteiger partial charge in [0.1, 0.15) is 0 Å². The van der Waals surface area contributed by atoms with Crippen LogP contribution in [0.3, 0.4) is 0 Å². The van der Waals surface area contributed by atoms with E-state index < -0.39 is 0 Å². The Morgan fingerprint density at radius 3 is 2.50 bits per heavy atom. The number of nitrogens with zero attached hydrogens (tertiary/aromatic N) is 2. The first-order chi connectivity index (χ1) is 10.8. The summed E-state index contributed by atoms with van der Waals surface area (Å²) >= 11 is 0. The summed E-state index contributed by atoms with van der Waals surface area (Å²) in [6.07, 6.45) is 17.3. The van der Waals surface area contributed by atoms with E-state index in [0.717, 1.165) is 30.0 Å². The molecule has 4 atom stereocenters. The molecule has 4 rings (SSSR count). The Kier molecular flexibility index (Phi) is 4.78. The minimum atomic E-state index is 0.812. The molecule has 2 saturated carbocycles. The van der Waals surface area contributed by atoms with Crippen molar-refractivity contribution in [1.82, 2.24) is 9.80 Å². The van der Waals surface area contributed by atoms with Gasteiger partial charge in [-0.2, -0.15) is 0 Å². The molecular formula is C20H35N2. The summed E-state index contributed by atoms with van der Waals surface area (Å²) in [5, 5.41) is 0. The zero-order valence-corrected chi connectivity index (χ0v) is 14.6. The lowest BCUT2D eigenvalue weighted by molar-refractivity contribution is 0.115. The molecule has 0 amide bonds. The number of rotatable bonds is 3. The molecule has 22 heavy (non-hydrogen) atoms. The maximum absolute atomic E-state index is 2.92. The molecular weight excluding hydrogens is 268 g/mol. The van der Waals surface area contributed by atoms with E-state index in [-0.39, 0.29) is 0 Å². The summed E-state index contributed by atoms with van der Waals surface area (Å²) < 4.78 is 0. The first-order valence-electron chi connectivity index (χ1n) is 10.1. The lowest BCUT2D eigenvalue weighted by Gasteiger charge is -2.38. The van der Waals surface area contributed by atoms with Crippen LogP contribution in [-0.4, -0.2) is 47.6 Å². The molecule has 2 aliphatic heterocycles. The summed E-state index contributed by atoms with van der Waals surface area (Å²) in [5.41, 5.74) is 0. The van der Waals surface area contributed by atoms with Gasteiger partial charge in [0.2, 0.25) is 0 Å². The Bertz CT molecular complexity index is 363. The van der Waals surface area contributed by atoms with Crippen LogP contribution in [0.15, 0.2) is 0 Å². The molecule has 2 heterocycles. The van der Waals surface area contributed by atoms with Gasteiger partial charge in [-0.1, -0.05) is 26.2 Å². The van der Waals surface area contributed by atoms with Gasteiger partial charge in [0, 0.05) is 24.7 Å². The molecule has 4 unspecified atom stereocenters. The standard InChI is InChI=1S/C20H35N2/c1-16-9-10-19(14-16)21-13-11-17(15-21)20-8-5-12-22(20)18-6-3-2-4-7-18/h8,16-20H,2-7,9-15H2,1H3. The van der Waals surface area contributed by atoms with E-state index in [1.54, 1.807) is 0 Å². The van der Waals surface area contributed by atoms with Crippen LogP contribution in [0.25, 0.3) is 0 Å². The molecule has 0 aromatic rings. The van der Waals surface area contributed by atoms with Crippen LogP contribution in [-0.2, 0) is 0 Å².